The zero-order chi connectivity index (χ0) is 17.8. The van der Waals surface area contributed by atoms with Crippen LogP contribution in [0.4, 0.5) is 5.69 Å². The van der Waals surface area contributed by atoms with Gasteiger partial charge in [-0.25, -0.2) is 0 Å². The Morgan fingerprint density at radius 1 is 1.16 bits per heavy atom. The topological polar surface area (TPSA) is 23.6 Å². The number of rotatable bonds is 5. The maximum atomic E-state index is 12.9. The summed E-state index contributed by atoms with van der Waals surface area (Å²) in [4.78, 5) is 17.2. The van der Waals surface area contributed by atoms with Gasteiger partial charge >= 0.3 is 0 Å². The highest BCUT2D eigenvalue weighted by atomic mass is 35.5. The van der Waals surface area contributed by atoms with Gasteiger partial charge in [-0.1, -0.05) is 35.9 Å². The van der Waals surface area contributed by atoms with Crippen molar-refractivity contribution in [1.82, 2.24) is 4.90 Å². The molecule has 1 unspecified atom stereocenters. The van der Waals surface area contributed by atoms with Crippen molar-refractivity contribution in [1.29, 1.82) is 0 Å². The van der Waals surface area contributed by atoms with E-state index in [4.69, 9.17) is 11.6 Å². The van der Waals surface area contributed by atoms with Gasteiger partial charge in [0, 0.05) is 31.1 Å². The highest BCUT2D eigenvalue weighted by Crippen LogP contribution is 2.39. The zero-order valence-electron chi connectivity index (χ0n) is 14.6. The van der Waals surface area contributed by atoms with Crippen molar-refractivity contribution in [2.45, 2.75) is 19.2 Å². The molecule has 1 saturated heterocycles. The quantitative estimate of drug-likeness (QED) is 0.729. The minimum atomic E-state index is 0.00780. The van der Waals surface area contributed by atoms with Crippen LogP contribution in [0.25, 0.3) is 0 Å². The standard InChI is InChI=1S/C20H23ClN2OS/c1-3-22(4-2)16-11-9-15(10-12-16)20-23(13-14-25-20)19(24)17-7-5-6-8-18(17)21/h5-12,20H,3-4,13-14H2,1-2H3. The minimum Gasteiger partial charge on any atom is -0.372 e. The normalized spacial score (nSPS) is 16.9. The van der Waals surface area contributed by atoms with Crippen LogP contribution in [0, 0.1) is 0 Å². The van der Waals surface area contributed by atoms with Crippen molar-refractivity contribution in [3.63, 3.8) is 0 Å². The number of carbonyl (C=O) groups excluding carboxylic acids is 1. The van der Waals surface area contributed by atoms with E-state index >= 15 is 0 Å². The fourth-order valence-corrected chi connectivity index (χ4v) is 4.65. The van der Waals surface area contributed by atoms with Crippen molar-refractivity contribution in [2.24, 2.45) is 0 Å². The van der Waals surface area contributed by atoms with Gasteiger partial charge in [0.05, 0.1) is 10.6 Å². The summed E-state index contributed by atoms with van der Waals surface area (Å²) in [6.07, 6.45) is 0. The second-order valence-electron chi connectivity index (χ2n) is 5.97. The van der Waals surface area contributed by atoms with Gasteiger partial charge in [0.1, 0.15) is 5.37 Å². The highest BCUT2D eigenvalue weighted by Gasteiger charge is 2.32. The van der Waals surface area contributed by atoms with Gasteiger partial charge in [0.2, 0.25) is 0 Å². The maximum absolute atomic E-state index is 12.9. The van der Waals surface area contributed by atoms with Crippen LogP contribution < -0.4 is 4.90 Å². The fourth-order valence-electron chi connectivity index (χ4n) is 3.18. The Labute approximate surface area is 159 Å². The van der Waals surface area contributed by atoms with Crippen molar-refractivity contribution >= 4 is 35.0 Å². The molecule has 1 fully saturated rings. The van der Waals surface area contributed by atoms with Crippen molar-refractivity contribution < 1.29 is 4.79 Å². The molecule has 132 valence electrons. The largest absolute Gasteiger partial charge is 0.372 e. The number of hydrogen-bond donors (Lipinski definition) is 0. The average Bonchev–Trinajstić information content (AvgIpc) is 3.13. The lowest BCUT2D eigenvalue weighted by atomic mass is 10.1. The van der Waals surface area contributed by atoms with E-state index in [9.17, 15) is 4.79 Å². The van der Waals surface area contributed by atoms with E-state index in [1.165, 1.54) is 11.3 Å². The number of amides is 1. The number of nitrogens with zero attached hydrogens (tertiary/aromatic N) is 2. The average molecular weight is 375 g/mol. The third kappa shape index (κ3) is 3.80. The first-order chi connectivity index (χ1) is 12.2. The molecular weight excluding hydrogens is 352 g/mol. The summed E-state index contributed by atoms with van der Waals surface area (Å²) in [5, 5.41) is 0.564. The molecule has 2 aromatic carbocycles. The second-order valence-corrected chi connectivity index (χ2v) is 7.56. The Bertz CT molecular complexity index is 731. The molecule has 0 aliphatic carbocycles. The predicted molar refractivity (Wildman–Crippen MR) is 108 cm³/mol. The summed E-state index contributed by atoms with van der Waals surface area (Å²) in [6, 6.07) is 15.9. The number of halogens is 1. The summed E-state index contributed by atoms with van der Waals surface area (Å²) in [5.74, 6) is 0.951. The van der Waals surface area contributed by atoms with E-state index in [0.29, 0.717) is 10.6 Å². The SMILES string of the molecule is CCN(CC)c1ccc(C2SCCN2C(=O)c2ccccc2Cl)cc1. The summed E-state index contributed by atoms with van der Waals surface area (Å²) in [6.45, 7) is 7.05. The van der Waals surface area contributed by atoms with E-state index in [1.54, 1.807) is 23.9 Å². The van der Waals surface area contributed by atoms with Crippen LogP contribution >= 0.6 is 23.4 Å². The smallest absolute Gasteiger partial charge is 0.256 e. The van der Waals surface area contributed by atoms with E-state index in [0.717, 1.165) is 25.4 Å². The van der Waals surface area contributed by atoms with Gasteiger partial charge in [-0.15, -0.1) is 11.8 Å². The number of hydrogen-bond acceptors (Lipinski definition) is 3. The van der Waals surface area contributed by atoms with Crippen molar-refractivity contribution in [2.75, 3.05) is 30.3 Å². The third-order valence-corrected chi connectivity index (χ3v) is 6.15. The van der Waals surface area contributed by atoms with Crippen LogP contribution in [0.1, 0.15) is 35.1 Å². The first kappa shape index (κ1) is 18.2. The summed E-state index contributed by atoms with van der Waals surface area (Å²) >= 11 is 8.03. The second kappa shape index (κ2) is 8.15. The molecule has 3 rings (SSSR count). The Morgan fingerprint density at radius 2 is 1.84 bits per heavy atom. The van der Waals surface area contributed by atoms with Crippen LogP contribution in [0.2, 0.25) is 5.02 Å². The zero-order valence-corrected chi connectivity index (χ0v) is 16.2. The molecule has 3 nitrogen and oxygen atoms in total. The molecule has 0 spiro atoms. The molecular formula is C20H23ClN2OS. The van der Waals surface area contributed by atoms with Crippen molar-refractivity contribution in [3.05, 3.63) is 64.7 Å². The van der Waals surface area contributed by atoms with Crippen LogP contribution in [0.15, 0.2) is 48.5 Å². The third-order valence-electron chi connectivity index (χ3n) is 4.56. The molecule has 25 heavy (non-hydrogen) atoms. The minimum absolute atomic E-state index is 0.00780. The van der Waals surface area contributed by atoms with Crippen LogP contribution in [-0.2, 0) is 0 Å². The molecule has 0 radical (unpaired) electrons. The van der Waals surface area contributed by atoms with Gasteiger partial charge in [-0.2, -0.15) is 0 Å². The Morgan fingerprint density at radius 3 is 2.48 bits per heavy atom. The Hall–Kier alpha value is -1.65. The molecule has 1 amide bonds. The number of carbonyl (C=O) groups is 1. The van der Waals surface area contributed by atoms with E-state index in [-0.39, 0.29) is 11.3 Å². The molecule has 1 atom stereocenters. The molecule has 1 aliphatic rings. The molecule has 0 bridgehead atoms. The van der Waals surface area contributed by atoms with Gasteiger partial charge in [-0.3, -0.25) is 4.79 Å². The van der Waals surface area contributed by atoms with Gasteiger partial charge in [-0.05, 0) is 43.7 Å². The first-order valence-electron chi connectivity index (χ1n) is 8.67. The summed E-state index contributed by atoms with van der Waals surface area (Å²) in [7, 11) is 0. The Balaban J connectivity index is 1.82. The monoisotopic (exact) mass is 374 g/mol. The van der Waals surface area contributed by atoms with Crippen LogP contribution in [-0.4, -0.2) is 36.2 Å². The number of anilines is 1. The van der Waals surface area contributed by atoms with Crippen LogP contribution in [0.5, 0.6) is 0 Å². The molecule has 1 aliphatic heterocycles. The maximum Gasteiger partial charge on any atom is 0.256 e. The lowest BCUT2D eigenvalue weighted by Gasteiger charge is -2.26. The highest BCUT2D eigenvalue weighted by molar-refractivity contribution is 7.99. The lowest BCUT2D eigenvalue weighted by Crippen LogP contribution is -2.30. The molecule has 0 N–H and O–H groups in total. The Kier molecular flexibility index (Phi) is 5.92. The van der Waals surface area contributed by atoms with Gasteiger partial charge in [0.15, 0.2) is 0 Å². The summed E-state index contributed by atoms with van der Waals surface area (Å²) in [5.41, 5.74) is 2.97. The van der Waals surface area contributed by atoms with Gasteiger partial charge in [0.25, 0.3) is 5.91 Å². The summed E-state index contributed by atoms with van der Waals surface area (Å²) < 4.78 is 0. The van der Waals surface area contributed by atoms with Crippen LogP contribution in [0.3, 0.4) is 0 Å². The van der Waals surface area contributed by atoms with Gasteiger partial charge < -0.3 is 9.80 Å². The van der Waals surface area contributed by atoms with E-state index in [2.05, 4.69) is 43.0 Å². The fraction of sp³-hybridized carbons (Fsp3) is 0.350. The van der Waals surface area contributed by atoms with E-state index < -0.39 is 0 Å². The number of thioether (sulfide) groups is 1. The number of benzene rings is 2. The molecule has 1 heterocycles. The molecule has 0 aromatic heterocycles. The first-order valence-corrected chi connectivity index (χ1v) is 10.1. The predicted octanol–water partition coefficient (Wildman–Crippen LogP) is 5.07. The molecule has 0 saturated carbocycles. The molecule has 2 aromatic rings. The van der Waals surface area contributed by atoms with E-state index in [1.807, 2.05) is 17.0 Å². The molecule has 5 heteroatoms. The van der Waals surface area contributed by atoms with Crippen molar-refractivity contribution in [3.8, 4) is 0 Å². The lowest BCUT2D eigenvalue weighted by molar-refractivity contribution is 0.0760.